The predicted molar refractivity (Wildman–Crippen MR) is 72.2 cm³/mol. The Morgan fingerprint density at radius 1 is 1.50 bits per heavy atom. The van der Waals surface area contributed by atoms with Crippen molar-refractivity contribution < 1.29 is 4.74 Å². The van der Waals surface area contributed by atoms with E-state index in [0.29, 0.717) is 11.0 Å². The third-order valence-electron chi connectivity index (χ3n) is 3.65. The molecule has 100 valence electrons. The molecule has 1 aromatic heterocycles. The molecule has 18 heavy (non-hydrogen) atoms. The third kappa shape index (κ3) is 2.67. The number of aromatic nitrogens is 2. The average molecular weight is 271 g/mol. The predicted octanol–water partition coefficient (Wildman–Crippen LogP) is 1.70. The zero-order chi connectivity index (χ0) is 13.2. The van der Waals surface area contributed by atoms with E-state index >= 15 is 0 Å². The molecule has 0 amide bonds. The minimum Gasteiger partial charge on any atom is -0.467 e. The lowest BCUT2D eigenvalue weighted by Crippen LogP contribution is -2.42. The molecule has 1 aliphatic heterocycles. The minimum absolute atomic E-state index is 0.236. The zero-order valence-corrected chi connectivity index (χ0v) is 11.6. The van der Waals surface area contributed by atoms with Crippen molar-refractivity contribution in [2.75, 3.05) is 31.6 Å². The molecule has 1 saturated heterocycles. The molecule has 0 aliphatic carbocycles. The van der Waals surface area contributed by atoms with E-state index in [1.807, 2.05) is 0 Å². The van der Waals surface area contributed by atoms with Crippen LogP contribution < -0.4 is 15.4 Å². The average Bonchev–Trinajstić information content (AvgIpc) is 2.41. The Hall–Kier alpha value is -1.07. The van der Waals surface area contributed by atoms with Crippen LogP contribution in [0, 0.1) is 5.41 Å². The molecule has 0 saturated carbocycles. The monoisotopic (exact) mass is 270 g/mol. The fraction of sp³-hybridized carbons (Fsp3) is 0.667. The second-order valence-corrected chi connectivity index (χ2v) is 5.44. The Kier molecular flexibility index (Phi) is 3.92. The molecule has 1 aliphatic rings. The first-order valence-electron chi connectivity index (χ1n) is 6.09. The largest absolute Gasteiger partial charge is 0.467 e. The molecule has 6 heteroatoms. The quantitative estimate of drug-likeness (QED) is 0.906. The van der Waals surface area contributed by atoms with E-state index in [1.165, 1.54) is 0 Å². The summed E-state index contributed by atoms with van der Waals surface area (Å²) in [6.45, 7) is 4.77. The number of ether oxygens (including phenoxy) is 1. The second kappa shape index (κ2) is 5.28. The van der Waals surface area contributed by atoms with Crippen LogP contribution in [0.1, 0.15) is 19.8 Å². The Bertz CT molecular complexity index is 419. The first kappa shape index (κ1) is 13.4. The van der Waals surface area contributed by atoms with Crippen LogP contribution in [0.15, 0.2) is 6.20 Å². The molecule has 0 atom stereocenters. The van der Waals surface area contributed by atoms with Crippen molar-refractivity contribution in [3.05, 3.63) is 11.2 Å². The lowest BCUT2D eigenvalue weighted by Gasteiger charge is -2.39. The van der Waals surface area contributed by atoms with Gasteiger partial charge in [0.25, 0.3) is 0 Å². The number of hydrogen-bond donors (Lipinski definition) is 1. The molecule has 2 heterocycles. The van der Waals surface area contributed by atoms with Crippen LogP contribution in [0.5, 0.6) is 6.01 Å². The van der Waals surface area contributed by atoms with Gasteiger partial charge in [-0.15, -0.1) is 0 Å². The van der Waals surface area contributed by atoms with Crippen LogP contribution in [0.2, 0.25) is 5.02 Å². The van der Waals surface area contributed by atoms with Gasteiger partial charge >= 0.3 is 6.01 Å². The Morgan fingerprint density at radius 2 is 2.17 bits per heavy atom. The minimum atomic E-state index is 0.236. The van der Waals surface area contributed by atoms with E-state index in [4.69, 9.17) is 22.1 Å². The standard InChI is InChI=1S/C12H19ClN4O/c1-12(8-14)3-5-17(6-4-12)10-9(13)7-15-11(16-10)18-2/h7H,3-6,8,14H2,1-2H3. The number of methoxy groups -OCH3 is 1. The Balaban J connectivity index is 2.14. The maximum Gasteiger partial charge on any atom is 0.318 e. The molecular weight excluding hydrogens is 252 g/mol. The summed E-state index contributed by atoms with van der Waals surface area (Å²) in [4.78, 5) is 10.5. The van der Waals surface area contributed by atoms with Crippen LogP contribution in [0.4, 0.5) is 5.82 Å². The van der Waals surface area contributed by atoms with Crippen molar-refractivity contribution in [2.24, 2.45) is 11.1 Å². The van der Waals surface area contributed by atoms with Crippen LogP contribution >= 0.6 is 11.6 Å². The Morgan fingerprint density at radius 3 is 2.72 bits per heavy atom. The maximum absolute atomic E-state index is 6.14. The molecule has 0 radical (unpaired) electrons. The SMILES string of the molecule is COc1ncc(Cl)c(N2CCC(C)(CN)CC2)n1. The summed E-state index contributed by atoms with van der Waals surface area (Å²) in [5, 5.41) is 0.562. The van der Waals surface area contributed by atoms with Crippen LogP contribution in [-0.2, 0) is 0 Å². The molecular formula is C12H19ClN4O. The van der Waals surface area contributed by atoms with Gasteiger partial charge in [0.2, 0.25) is 0 Å². The van der Waals surface area contributed by atoms with E-state index in [2.05, 4.69) is 21.8 Å². The van der Waals surface area contributed by atoms with Gasteiger partial charge in [0, 0.05) is 13.1 Å². The normalized spacial score (nSPS) is 18.8. The van der Waals surface area contributed by atoms with Gasteiger partial charge in [0.15, 0.2) is 5.82 Å². The lowest BCUT2D eigenvalue weighted by atomic mass is 9.80. The lowest BCUT2D eigenvalue weighted by molar-refractivity contribution is 0.257. The number of piperidine rings is 1. The topological polar surface area (TPSA) is 64.3 Å². The fourth-order valence-corrected chi connectivity index (χ4v) is 2.34. The van der Waals surface area contributed by atoms with E-state index in [9.17, 15) is 0 Å². The van der Waals surface area contributed by atoms with Crippen molar-refractivity contribution in [1.82, 2.24) is 9.97 Å². The molecule has 2 N–H and O–H groups in total. The second-order valence-electron chi connectivity index (χ2n) is 5.03. The highest BCUT2D eigenvalue weighted by Gasteiger charge is 2.30. The van der Waals surface area contributed by atoms with Gasteiger partial charge < -0.3 is 15.4 Å². The van der Waals surface area contributed by atoms with Crippen molar-refractivity contribution in [2.45, 2.75) is 19.8 Å². The zero-order valence-electron chi connectivity index (χ0n) is 10.8. The van der Waals surface area contributed by atoms with Gasteiger partial charge in [-0.3, -0.25) is 0 Å². The number of nitrogens with two attached hydrogens (primary N) is 1. The molecule has 1 aromatic rings. The van der Waals surface area contributed by atoms with Gasteiger partial charge in [-0.1, -0.05) is 18.5 Å². The first-order chi connectivity index (χ1) is 8.58. The van der Waals surface area contributed by atoms with Crippen LogP contribution in [0.3, 0.4) is 0 Å². The van der Waals surface area contributed by atoms with E-state index in [1.54, 1.807) is 13.3 Å². The van der Waals surface area contributed by atoms with Crippen molar-refractivity contribution in [3.8, 4) is 6.01 Å². The van der Waals surface area contributed by atoms with Gasteiger partial charge in [0.05, 0.1) is 13.3 Å². The number of hydrogen-bond acceptors (Lipinski definition) is 5. The fourth-order valence-electron chi connectivity index (χ4n) is 2.13. The number of anilines is 1. The first-order valence-corrected chi connectivity index (χ1v) is 6.47. The highest BCUT2D eigenvalue weighted by molar-refractivity contribution is 6.32. The maximum atomic E-state index is 6.14. The summed E-state index contributed by atoms with van der Waals surface area (Å²) in [7, 11) is 1.55. The van der Waals surface area contributed by atoms with Crippen molar-refractivity contribution >= 4 is 17.4 Å². The summed E-state index contributed by atoms with van der Waals surface area (Å²) < 4.78 is 5.04. The van der Waals surface area contributed by atoms with Gasteiger partial charge in [-0.25, -0.2) is 4.98 Å². The van der Waals surface area contributed by atoms with E-state index < -0.39 is 0 Å². The number of rotatable bonds is 3. The Labute approximate surface area is 112 Å². The molecule has 0 aromatic carbocycles. The molecule has 0 bridgehead atoms. The highest BCUT2D eigenvalue weighted by atomic mass is 35.5. The van der Waals surface area contributed by atoms with Gasteiger partial charge in [-0.2, -0.15) is 4.98 Å². The van der Waals surface area contributed by atoms with Gasteiger partial charge in [0.1, 0.15) is 5.02 Å². The highest BCUT2D eigenvalue weighted by Crippen LogP contribution is 2.33. The summed E-state index contributed by atoms with van der Waals surface area (Å²) in [5.41, 5.74) is 6.04. The number of halogens is 1. The molecule has 2 rings (SSSR count). The smallest absolute Gasteiger partial charge is 0.318 e. The van der Waals surface area contributed by atoms with Crippen LogP contribution in [0.25, 0.3) is 0 Å². The molecule has 5 nitrogen and oxygen atoms in total. The summed E-state index contributed by atoms with van der Waals surface area (Å²) in [6, 6.07) is 0.349. The summed E-state index contributed by atoms with van der Waals surface area (Å²) >= 11 is 6.14. The number of nitrogens with zero attached hydrogens (tertiary/aromatic N) is 3. The van der Waals surface area contributed by atoms with Crippen molar-refractivity contribution in [1.29, 1.82) is 0 Å². The molecule has 0 spiro atoms. The van der Waals surface area contributed by atoms with E-state index in [-0.39, 0.29) is 5.41 Å². The van der Waals surface area contributed by atoms with Crippen molar-refractivity contribution in [3.63, 3.8) is 0 Å². The van der Waals surface area contributed by atoms with Crippen LogP contribution in [-0.4, -0.2) is 36.7 Å². The molecule has 0 unspecified atom stereocenters. The van der Waals surface area contributed by atoms with E-state index in [0.717, 1.165) is 38.3 Å². The molecule has 1 fully saturated rings. The van der Waals surface area contributed by atoms with Gasteiger partial charge in [-0.05, 0) is 24.8 Å². The summed E-state index contributed by atoms with van der Waals surface area (Å²) in [5.74, 6) is 0.752. The third-order valence-corrected chi connectivity index (χ3v) is 3.92. The summed E-state index contributed by atoms with van der Waals surface area (Å²) in [6.07, 6.45) is 3.68.